The van der Waals surface area contributed by atoms with Gasteiger partial charge >= 0.3 is 0 Å². The van der Waals surface area contributed by atoms with Crippen molar-refractivity contribution < 1.29 is 13.9 Å². The fourth-order valence-corrected chi connectivity index (χ4v) is 3.05. The van der Waals surface area contributed by atoms with E-state index in [0.717, 1.165) is 17.1 Å². The molecule has 5 nitrogen and oxygen atoms in total. The van der Waals surface area contributed by atoms with E-state index in [-0.39, 0.29) is 5.91 Å². The van der Waals surface area contributed by atoms with Crippen LogP contribution in [0.2, 0.25) is 0 Å². The second kappa shape index (κ2) is 9.17. The lowest BCUT2D eigenvalue weighted by Gasteiger charge is -2.27. The zero-order chi connectivity index (χ0) is 19.9. The predicted octanol–water partition coefficient (Wildman–Crippen LogP) is 4.28. The van der Waals surface area contributed by atoms with Gasteiger partial charge in [0.2, 0.25) is 0 Å². The number of carbonyl (C=O) groups excluding carboxylic acids is 1. The van der Waals surface area contributed by atoms with Crippen LogP contribution in [0.3, 0.4) is 0 Å². The molecule has 1 aliphatic rings. The number of rotatable bonds is 4. The normalized spacial score (nSPS) is 12.6. The maximum atomic E-state index is 13.4. The van der Waals surface area contributed by atoms with Crippen LogP contribution in [-0.4, -0.2) is 27.1 Å². The molecule has 0 unspecified atom stereocenters. The number of aromatic nitrogens is 2. The first-order valence-corrected chi connectivity index (χ1v) is 9.47. The minimum Gasteiger partial charge on any atom is -0.487 e. The van der Waals surface area contributed by atoms with Crippen LogP contribution in [0.4, 0.5) is 4.39 Å². The summed E-state index contributed by atoms with van der Waals surface area (Å²) in [6.07, 6.45) is 0. The molecule has 0 spiro atoms. The number of ether oxygens (including phenoxy) is 1. The lowest BCUT2D eigenvalue weighted by atomic mass is 10.1. The minimum absolute atomic E-state index is 0.168. The third-order valence-corrected chi connectivity index (χ3v) is 4.34. The highest BCUT2D eigenvalue weighted by atomic mass is 19.1. The standard InChI is InChI=1S/C20H18FN3O2.C2H6/c21-16-6-4-5-15(11-16)20(25)23-9-10-24-18(13-23)12-17(22-24)14-26-19-7-2-1-3-8-19;1-2/h1-8,11-12H,9-10,13-14H2;1-2H3. The van der Waals surface area contributed by atoms with Gasteiger partial charge in [-0.05, 0) is 36.4 Å². The second-order valence-corrected chi connectivity index (χ2v) is 6.19. The van der Waals surface area contributed by atoms with Crippen LogP contribution in [-0.2, 0) is 19.7 Å². The third kappa shape index (κ3) is 4.57. The van der Waals surface area contributed by atoms with Crippen LogP contribution in [0, 0.1) is 5.82 Å². The van der Waals surface area contributed by atoms with Crippen molar-refractivity contribution in [2.45, 2.75) is 33.5 Å². The molecule has 0 radical (unpaired) electrons. The van der Waals surface area contributed by atoms with Crippen LogP contribution in [0.5, 0.6) is 5.75 Å². The average molecular weight is 381 g/mol. The summed E-state index contributed by atoms with van der Waals surface area (Å²) < 4.78 is 21.0. The molecule has 0 atom stereocenters. The number of hydrogen-bond acceptors (Lipinski definition) is 3. The summed E-state index contributed by atoms with van der Waals surface area (Å²) in [4.78, 5) is 14.3. The van der Waals surface area contributed by atoms with Crippen LogP contribution < -0.4 is 4.74 Å². The van der Waals surface area contributed by atoms with Crippen molar-refractivity contribution in [1.82, 2.24) is 14.7 Å². The highest BCUT2D eigenvalue weighted by Crippen LogP contribution is 2.18. The van der Waals surface area contributed by atoms with Gasteiger partial charge in [0.05, 0.1) is 18.8 Å². The molecule has 1 aliphatic heterocycles. The molecular weight excluding hydrogens is 357 g/mol. The third-order valence-electron chi connectivity index (χ3n) is 4.34. The van der Waals surface area contributed by atoms with E-state index in [1.165, 1.54) is 12.1 Å². The molecular formula is C22H24FN3O2. The van der Waals surface area contributed by atoms with E-state index in [4.69, 9.17) is 4.74 Å². The maximum absolute atomic E-state index is 13.4. The molecule has 0 saturated carbocycles. The van der Waals surface area contributed by atoms with E-state index < -0.39 is 5.82 Å². The smallest absolute Gasteiger partial charge is 0.254 e. The van der Waals surface area contributed by atoms with E-state index in [1.807, 2.05) is 54.9 Å². The first-order valence-electron chi connectivity index (χ1n) is 9.47. The molecule has 0 aliphatic carbocycles. The van der Waals surface area contributed by atoms with Gasteiger partial charge in [-0.3, -0.25) is 9.48 Å². The molecule has 0 saturated heterocycles. The summed E-state index contributed by atoms with van der Waals surface area (Å²) in [7, 11) is 0. The topological polar surface area (TPSA) is 47.4 Å². The van der Waals surface area contributed by atoms with Gasteiger partial charge < -0.3 is 9.64 Å². The molecule has 4 rings (SSSR count). The first-order chi connectivity index (χ1) is 13.7. The molecule has 0 fully saturated rings. The van der Waals surface area contributed by atoms with Gasteiger partial charge in [-0.15, -0.1) is 0 Å². The number of fused-ring (bicyclic) bond motifs is 1. The van der Waals surface area contributed by atoms with Crippen LogP contribution in [0.1, 0.15) is 35.6 Å². The number of para-hydroxylation sites is 1. The summed E-state index contributed by atoms with van der Waals surface area (Å²) in [5, 5.41) is 4.54. The second-order valence-electron chi connectivity index (χ2n) is 6.19. The SMILES string of the molecule is CC.O=C(c1cccc(F)c1)N1CCn2nc(COc3ccccc3)cc2C1. The first kappa shape index (κ1) is 19.6. The minimum atomic E-state index is -0.404. The summed E-state index contributed by atoms with van der Waals surface area (Å²) in [6.45, 7) is 5.99. The van der Waals surface area contributed by atoms with E-state index in [0.29, 0.717) is 31.8 Å². The van der Waals surface area contributed by atoms with Crippen molar-refractivity contribution >= 4 is 5.91 Å². The Balaban J connectivity index is 0.00000109. The van der Waals surface area contributed by atoms with Gasteiger partial charge in [0.1, 0.15) is 23.9 Å². The van der Waals surface area contributed by atoms with Gasteiger partial charge in [0.15, 0.2) is 0 Å². The van der Waals surface area contributed by atoms with E-state index in [1.54, 1.807) is 17.0 Å². The quantitative estimate of drug-likeness (QED) is 0.678. The number of carbonyl (C=O) groups is 1. The fraction of sp³-hybridized carbons (Fsp3) is 0.273. The van der Waals surface area contributed by atoms with Crippen LogP contribution in [0.15, 0.2) is 60.7 Å². The molecule has 2 heterocycles. The predicted molar refractivity (Wildman–Crippen MR) is 105 cm³/mol. The number of amides is 1. The van der Waals surface area contributed by atoms with E-state index in [9.17, 15) is 9.18 Å². The Morgan fingerprint density at radius 2 is 1.86 bits per heavy atom. The zero-order valence-electron chi connectivity index (χ0n) is 16.1. The van der Waals surface area contributed by atoms with Crippen LogP contribution in [0.25, 0.3) is 0 Å². The van der Waals surface area contributed by atoms with E-state index in [2.05, 4.69) is 5.10 Å². The number of benzene rings is 2. The maximum Gasteiger partial charge on any atom is 0.254 e. The van der Waals surface area contributed by atoms with Gasteiger partial charge in [-0.25, -0.2) is 4.39 Å². The van der Waals surface area contributed by atoms with Gasteiger partial charge in [-0.1, -0.05) is 38.1 Å². The zero-order valence-corrected chi connectivity index (χ0v) is 16.1. The largest absolute Gasteiger partial charge is 0.487 e. The van der Waals surface area contributed by atoms with Crippen molar-refractivity contribution in [2.75, 3.05) is 6.54 Å². The molecule has 2 aromatic carbocycles. The summed E-state index contributed by atoms with van der Waals surface area (Å²) in [6, 6.07) is 17.3. The summed E-state index contributed by atoms with van der Waals surface area (Å²) >= 11 is 0. The van der Waals surface area contributed by atoms with E-state index >= 15 is 0 Å². The van der Waals surface area contributed by atoms with Gasteiger partial charge in [0, 0.05) is 12.1 Å². The number of nitrogens with zero attached hydrogens (tertiary/aromatic N) is 3. The van der Waals surface area contributed by atoms with Crippen molar-refractivity contribution in [3.8, 4) is 5.75 Å². The molecule has 28 heavy (non-hydrogen) atoms. The lowest BCUT2D eigenvalue weighted by molar-refractivity contribution is 0.0705. The lowest BCUT2D eigenvalue weighted by Crippen LogP contribution is -2.38. The summed E-state index contributed by atoms with van der Waals surface area (Å²) in [5.41, 5.74) is 2.14. The highest BCUT2D eigenvalue weighted by Gasteiger charge is 2.23. The van der Waals surface area contributed by atoms with Crippen molar-refractivity contribution in [3.05, 3.63) is 83.4 Å². The number of hydrogen-bond donors (Lipinski definition) is 0. The average Bonchev–Trinajstić information content (AvgIpc) is 3.16. The summed E-state index contributed by atoms with van der Waals surface area (Å²) in [5.74, 6) is 0.221. The number of halogens is 1. The van der Waals surface area contributed by atoms with Crippen LogP contribution >= 0.6 is 0 Å². The fourth-order valence-electron chi connectivity index (χ4n) is 3.05. The van der Waals surface area contributed by atoms with Gasteiger partial charge in [0.25, 0.3) is 5.91 Å². The van der Waals surface area contributed by atoms with Crippen molar-refractivity contribution in [2.24, 2.45) is 0 Å². The molecule has 0 N–H and O–H groups in total. The van der Waals surface area contributed by atoms with Crippen molar-refractivity contribution in [3.63, 3.8) is 0 Å². The Morgan fingerprint density at radius 1 is 1.07 bits per heavy atom. The van der Waals surface area contributed by atoms with Crippen molar-refractivity contribution in [1.29, 1.82) is 0 Å². The molecule has 1 amide bonds. The Kier molecular flexibility index (Phi) is 6.42. The molecule has 6 heteroatoms. The Morgan fingerprint density at radius 3 is 2.61 bits per heavy atom. The molecule has 1 aromatic heterocycles. The molecule has 0 bridgehead atoms. The van der Waals surface area contributed by atoms with Gasteiger partial charge in [-0.2, -0.15) is 5.10 Å². The Labute approximate surface area is 164 Å². The Bertz CT molecular complexity index is 925. The highest BCUT2D eigenvalue weighted by molar-refractivity contribution is 5.94. The Hall–Kier alpha value is -3.15. The molecule has 146 valence electrons. The molecule has 3 aromatic rings. The monoisotopic (exact) mass is 381 g/mol.